The van der Waals surface area contributed by atoms with Gasteiger partial charge in [0.2, 0.25) is 0 Å². The van der Waals surface area contributed by atoms with E-state index >= 15 is 0 Å². The van der Waals surface area contributed by atoms with E-state index in [4.69, 9.17) is 0 Å². The molecule has 134 valence electrons. The number of carbonyl (C=O) groups is 1. The average Bonchev–Trinajstić information content (AvgIpc) is 3.26. The van der Waals surface area contributed by atoms with Crippen molar-refractivity contribution in [2.75, 3.05) is 18.9 Å². The number of fused-ring (bicyclic) bond motifs is 1. The summed E-state index contributed by atoms with van der Waals surface area (Å²) in [4.78, 5) is 23.8. The van der Waals surface area contributed by atoms with Crippen LogP contribution in [0.3, 0.4) is 0 Å². The van der Waals surface area contributed by atoms with E-state index < -0.39 is 0 Å². The van der Waals surface area contributed by atoms with E-state index in [0.29, 0.717) is 18.1 Å². The summed E-state index contributed by atoms with van der Waals surface area (Å²) in [6.07, 6.45) is 5.14. The average molecular weight is 353 g/mol. The first-order chi connectivity index (χ1) is 12.6. The normalized spacial score (nSPS) is 17.0. The van der Waals surface area contributed by atoms with E-state index in [1.807, 2.05) is 16.5 Å². The van der Waals surface area contributed by atoms with E-state index in [1.165, 1.54) is 12.1 Å². The number of anilines is 1. The fourth-order valence-corrected chi connectivity index (χ4v) is 3.65. The Bertz CT molecular complexity index is 983. The number of halogens is 1. The third kappa shape index (κ3) is 2.69. The minimum Gasteiger partial charge on any atom is -0.372 e. The fourth-order valence-electron chi connectivity index (χ4n) is 3.65. The van der Waals surface area contributed by atoms with Crippen LogP contribution in [0.4, 0.5) is 10.2 Å². The summed E-state index contributed by atoms with van der Waals surface area (Å²) in [7, 11) is 3.62. The van der Waals surface area contributed by atoms with Crippen LogP contribution in [0.2, 0.25) is 0 Å². The third-order valence-corrected chi connectivity index (χ3v) is 4.99. The number of benzene rings is 1. The number of nitrogens with one attached hydrogen (secondary N) is 1. The van der Waals surface area contributed by atoms with Gasteiger partial charge >= 0.3 is 0 Å². The van der Waals surface area contributed by atoms with Crippen LogP contribution < -0.4 is 5.32 Å². The molecule has 4 rings (SSSR count). The molecule has 1 aliphatic heterocycles. The van der Waals surface area contributed by atoms with Crippen LogP contribution in [-0.2, 0) is 7.05 Å². The van der Waals surface area contributed by atoms with Crippen molar-refractivity contribution in [3.63, 3.8) is 0 Å². The van der Waals surface area contributed by atoms with Crippen LogP contribution in [0, 0.1) is 5.82 Å². The Kier molecular flexibility index (Phi) is 4.06. The van der Waals surface area contributed by atoms with Crippen molar-refractivity contribution in [1.82, 2.24) is 19.4 Å². The molecule has 0 radical (unpaired) electrons. The number of carbonyl (C=O) groups excluding carboxylic acids is 1. The van der Waals surface area contributed by atoms with E-state index in [-0.39, 0.29) is 17.8 Å². The standard InChI is InChI=1S/C19H20FN5O/c1-21-18-11-22-10-14(23-18)16-4-3-7-25(16)19(26)17-9-12-8-13(20)5-6-15(12)24(17)2/h5-6,8-11,16H,3-4,7H2,1-2H3,(H,21,23). The van der Waals surface area contributed by atoms with Gasteiger partial charge in [-0.2, -0.15) is 0 Å². The Labute approximate surface area is 150 Å². The van der Waals surface area contributed by atoms with Crippen molar-refractivity contribution >= 4 is 22.6 Å². The summed E-state index contributed by atoms with van der Waals surface area (Å²) in [6, 6.07) is 6.22. The molecule has 1 atom stereocenters. The lowest BCUT2D eigenvalue weighted by Crippen LogP contribution is -2.32. The SMILES string of the molecule is CNc1cncc(C2CCCN2C(=O)c2cc3cc(F)ccc3n2C)n1. The minimum atomic E-state index is -0.305. The molecule has 3 heterocycles. The Balaban J connectivity index is 1.70. The molecule has 1 fully saturated rings. The largest absolute Gasteiger partial charge is 0.372 e. The molecule has 1 amide bonds. The number of rotatable bonds is 3. The highest BCUT2D eigenvalue weighted by molar-refractivity contribution is 5.99. The zero-order chi connectivity index (χ0) is 18.3. The molecule has 1 aromatic carbocycles. The molecule has 1 unspecified atom stereocenters. The third-order valence-electron chi connectivity index (χ3n) is 4.99. The highest BCUT2D eigenvalue weighted by atomic mass is 19.1. The van der Waals surface area contributed by atoms with Crippen LogP contribution >= 0.6 is 0 Å². The molecule has 0 aliphatic carbocycles. The van der Waals surface area contributed by atoms with Gasteiger partial charge in [-0.3, -0.25) is 9.78 Å². The van der Waals surface area contributed by atoms with Gasteiger partial charge in [-0.1, -0.05) is 0 Å². The van der Waals surface area contributed by atoms with E-state index in [0.717, 1.165) is 29.4 Å². The van der Waals surface area contributed by atoms with Crippen molar-refractivity contribution in [2.45, 2.75) is 18.9 Å². The Morgan fingerprint density at radius 3 is 2.96 bits per heavy atom. The van der Waals surface area contributed by atoms with Gasteiger partial charge in [0.15, 0.2) is 0 Å². The molecule has 1 N–H and O–H groups in total. The van der Waals surface area contributed by atoms with Gasteiger partial charge < -0.3 is 14.8 Å². The highest BCUT2D eigenvalue weighted by Crippen LogP contribution is 2.33. The first-order valence-electron chi connectivity index (χ1n) is 8.64. The lowest BCUT2D eigenvalue weighted by molar-refractivity contribution is 0.0723. The number of likely N-dealkylation sites (tertiary alicyclic amines) is 1. The Morgan fingerprint density at radius 1 is 1.31 bits per heavy atom. The highest BCUT2D eigenvalue weighted by Gasteiger charge is 2.33. The van der Waals surface area contributed by atoms with E-state index in [9.17, 15) is 9.18 Å². The van der Waals surface area contributed by atoms with Crippen LogP contribution in [-0.4, -0.2) is 38.9 Å². The Hall–Kier alpha value is -2.96. The van der Waals surface area contributed by atoms with Crippen LogP contribution in [0.25, 0.3) is 10.9 Å². The summed E-state index contributed by atoms with van der Waals surface area (Å²) in [5, 5.41) is 3.71. The molecular weight excluding hydrogens is 333 g/mol. The van der Waals surface area contributed by atoms with Gasteiger partial charge in [0, 0.05) is 31.5 Å². The smallest absolute Gasteiger partial charge is 0.271 e. The second-order valence-corrected chi connectivity index (χ2v) is 6.53. The van der Waals surface area contributed by atoms with E-state index in [1.54, 1.807) is 31.6 Å². The van der Waals surface area contributed by atoms with Gasteiger partial charge in [0.1, 0.15) is 17.3 Å². The van der Waals surface area contributed by atoms with Crippen molar-refractivity contribution < 1.29 is 9.18 Å². The van der Waals surface area contributed by atoms with Gasteiger partial charge in [0.05, 0.1) is 24.1 Å². The maximum absolute atomic E-state index is 13.5. The van der Waals surface area contributed by atoms with Crippen LogP contribution in [0.15, 0.2) is 36.7 Å². The maximum Gasteiger partial charge on any atom is 0.271 e. The van der Waals surface area contributed by atoms with E-state index in [2.05, 4.69) is 15.3 Å². The van der Waals surface area contributed by atoms with Gasteiger partial charge in [-0.15, -0.1) is 0 Å². The maximum atomic E-state index is 13.5. The summed E-state index contributed by atoms with van der Waals surface area (Å²) in [6.45, 7) is 0.671. The monoisotopic (exact) mass is 353 g/mol. The van der Waals surface area contributed by atoms with Gasteiger partial charge in [-0.05, 0) is 37.1 Å². The van der Waals surface area contributed by atoms with Crippen LogP contribution in [0.1, 0.15) is 35.1 Å². The molecule has 26 heavy (non-hydrogen) atoms. The van der Waals surface area contributed by atoms with Gasteiger partial charge in [-0.25, -0.2) is 9.37 Å². The first-order valence-corrected chi connectivity index (χ1v) is 8.64. The zero-order valence-electron chi connectivity index (χ0n) is 14.7. The fraction of sp³-hybridized carbons (Fsp3) is 0.316. The topological polar surface area (TPSA) is 63.1 Å². The molecule has 0 bridgehead atoms. The molecule has 2 aromatic heterocycles. The summed E-state index contributed by atoms with van der Waals surface area (Å²) in [5.74, 6) is 0.311. The lowest BCUT2D eigenvalue weighted by Gasteiger charge is -2.24. The van der Waals surface area contributed by atoms with Crippen molar-refractivity contribution in [3.05, 3.63) is 53.9 Å². The number of hydrogen-bond donors (Lipinski definition) is 1. The van der Waals surface area contributed by atoms with Crippen molar-refractivity contribution in [1.29, 1.82) is 0 Å². The molecule has 6 nitrogen and oxygen atoms in total. The predicted octanol–water partition coefficient (Wildman–Crippen LogP) is 3.13. The van der Waals surface area contributed by atoms with Crippen molar-refractivity contribution in [3.8, 4) is 0 Å². The molecule has 7 heteroatoms. The predicted molar refractivity (Wildman–Crippen MR) is 97.5 cm³/mol. The van der Waals surface area contributed by atoms with Crippen LogP contribution in [0.5, 0.6) is 0 Å². The number of nitrogens with zero attached hydrogens (tertiary/aromatic N) is 4. The molecule has 0 spiro atoms. The Morgan fingerprint density at radius 2 is 2.15 bits per heavy atom. The molecule has 1 saturated heterocycles. The minimum absolute atomic E-state index is 0.0664. The van der Waals surface area contributed by atoms with Crippen molar-refractivity contribution in [2.24, 2.45) is 7.05 Å². The number of aromatic nitrogens is 3. The first kappa shape index (κ1) is 16.5. The second kappa shape index (κ2) is 6.40. The number of aryl methyl sites for hydroxylation is 1. The zero-order valence-corrected chi connectivity index (χ0v) is 14.7. The number of amides is 1. The van der Waals surface area contributed by atoms with Gasteiger partial charge in [0.25, 0.3) is 5.91 Å². The summed E-state index contributed by atoms with van der Waals surface area (Å²) in [5.41, 5.74) is 2.17. The quantitative estimate of drug-likeness (QED) is 0.786. The number of hydrogen-bond acceptors (Lipinski definition) is 4. The summed E-state index contributed by atoms with van der Waals surface area (Å²) < 4.78 is 15.3. The molecule has 1 aliphatic rings. The molecule has 3 aromatic rings. The summed E-state index contributed by atoms with van der Waals surface area (Å²) >= 11 is 0. The molecule has 0 saturated carbocycles. The molecular formula is C19H20FN5O. The second-order valence-electron chi connectivity index (χ2n) is 6.53. The lowest BCUT2D eigenvalue weighted by atomic mass is 10.1.